The van der Waals surface area contributed by atoms with Gasteiger partial charge in [0.1, 0.15) is 0 Å². The molecule has 0 aromatic carbocycles. The number of nitrogens with two attached hydrogens (primary N) is 3. The van der Waals surface area contributed by atoms with Crippen LogP contribution in [0.15, 0.2) is 0 Å². The maximum atomic E-state index is 11.0. The number of carbonyl (C=O) groups excluding carboxylic acids is 2. The van der Waals surface area contributed by atoms with Gasteiger partial charge in [-0.25, -0.2) is 4.68 Å². The maximum absolute atomic E-state index is 11.0. The molecule has 6 N–H and O–H groups in total. The fraction of sp³-hybridized carbons (Fsp3) is 0.500. The summed E-state index contributed by atoms with van der Waals surface area (Å²) in [6.45, 7) is 3.90. The fourth-order valence-corrected chi connectivity index (χ4v) is 1.72. The van der Waals surface area contributed by atoms with Crippen molar-refractivity contribution in [2.24, 2.45) is 11.5 Å². The van der Waals surface area contributed by atoms with Crippen LogP contribution in [0.5, 0.6) is 0 Å². The van der Waals surface area contributed by atoms with Crippen molar-refractivity contribution < 1.29 is 9.59 Å². The summed E-state index contributed by atoms with van der Waals surface area (Å²) in [5.41, 5.74) is 17.3. The quantitative estimate of drug-likeness (QED) is 0.572. The number of carbonyl (C=O) groups is 2. The van der Waals surface area contributed by atoms with Gasteiger partial charge in [-0.2, -0.15) is 5.10 Å². The average molecular weight is 254 g/mol. The van der Waals surface area contributed by atoms with Crippen LogP contribution in [0, 0.1) is 6.92 Å². The zero-order valence-electron chi connectivity index (χ0n) is 10.5. The topological polar surface area (TPSA) is 133 Å². The van der Waals surface area contributed by atoms with Gasteiger partial charge in [-0.05, 0) is 13.8 Å². The molecule has 0 saturated carbocycles. The van der Waals surface area contributed by atoms with Crippen LogP contribution in [0.1, 0.15) is 12.6 Å². The molecule has 0 aliphatic carbocycles. The lowest BCUT2D eigenvalue weighted by atomic mass is 10.3. The molecule has 1 rings (SSSR count). The van der Waals surface area contributed by atoms with E-state index < -0.39 is 11.8 Å². The highest BCUT2D eigenvalue weighted by Gasteiger charge is 2.21. The number of hydrogen-bond acceptors (Lipinski definition) is 5. The summed E-state index contributed by atoms with van der Waals surface area (Å²) in [6.07, 6.45) is 0. The van der Waals surface area contributed by atoms with E-state index in [4.69, 9.17) is 17.2 Å². The first kappa shape index (κ1) is 13.8. The van der Waals surface area contributed by atoms with E-state index in [2.05, 4.69) is 5.10 Å². The van der Waals surface area contributed by atoms with E-state index in [0.29, 0.717) is 23.7 Å². The highest BCUT2D eigenvalue weighted by atomic mass is 16.2. The molecule has 0 aliphatic rings. The van der Waals surface area contributed by atoms with Crippen molar-refractivity contribution >= 4 is 23.3 Å². The summed E-state index contributed by atoms with van der Waals surface area (Å²) in [7, 11) is 0. The van der Waals surface area contributed by atoms with Crippen molar-refractivity contribution in [3.63, 3.8) is 0 Å². The summed E-state index contributed by atoms with van der Waals surface area (Å²) < 4.78 is 1.61. The maximum Gasteiger partial charge on any atom is 0.237 e. The molecule has 2 amide bonds. The SMILES string of the molecule is CCn1nc(C)c(N)c1N(CC(N)=O)CC(N)=O. The highest BCUT2D eigenvalue weighted by Crippen LogP contribution is 2.26. The molecule has 8 heteroatoms. The molecule has 0 unspecified atom stereocenters. The number of aryl methyl sites for hydroxylation is 2. The van der Waals surface area contributed by atoms with Crippen LogP contribution in [0.3, 0.4) is 0 Å². The Morgan fingerprint density at radius 3 is 2.17 bits per heavy atom. The normalized spacial score (nSPS) is 10.3. The Kier molecular flexibility index (Phi) is 4.13. The van der Waals surface area contributed by atoms with Gasteiger partial charge in [-0.1, -0.05) is 0 Å². The van der Waals surface area contributed by atoms with Gasteiger partial charge in [0.25, 0.3) is 0 Å². The Morgan fingerprint density at radius 1 is 1.28 bits per heavy atom. The molecule has 0 bridgehead atoms. The lowest BCUT2D eigenvalue weighted by Crippen LogP contribution is -2.41. The van der Waals surface area contributed by atoms with Gasteiger partial charge in [0.15, 0.2) is 5.82 Å². The van der Waals surface area contributed by atoms with Crippen molar-refractivity contribution in [3.8, 4) is 0 Å². The molecule has 18 heavy (non-hydrogen) atoms. The number of hydrogen-bond donors (Lipinski definition) is 3. The van der Waals surface area contributed by atoms with E-state index in [-0.39, 0.29) is 13.1 Å². The van der Waals surface area contributed by atoms with Gasteiger partial charge in [-0.3, -0.25) is 9.59 Å². The Hall–Kier alpha value is -2.25. The van der Waals surface area contributed by atoms with Crippen LogP contribution >= 0.6 is 0 Å². The van der Waals surface area contributed by atoms with Gasteiger partial charge in [0, 0.05) is 6.54 Å². The van der Waals surface area contributed by atoms with Gasteiger partial charge >= 0.3 is 0 Å². The van der Waals surface area contributed by atoms with Gasteiger partial charge in [-0.15, -0.1) is 0 Å². The van der Waals surface area contributed by atoms with Crippen molar-refractivity contribution in [2.45, 2.75) is 20.4 Å². The van der Waals surface area contributed by atoms with Crippen molar-refractivity contribution in [2.75, 3.05) is 23.7 Å². The molecule has 0 saturated heterocycles. The lowest BCUT2D eigenvalue weighted by molar-refractivity contribution is -0.117. The third-order valence-electron chi connectivity index (χ3n) is 2.44. The molecule has 0 atom stereocenters. The molecule has 0 spiro atoms. The first-order valence-corrected chi connectivity index (χ1v) is 5.51. The summed E-state index contributed by atoms with van der Waals surface area (Å²) in [5, 5.41) is 4.21. The van der Waals surface area contributed by atoms with E-state index in [9.17, 15) is 9.59 Å². The first-order chi connectivity index (χ1) is 8.36. The monoisotopic (exact) mass is 254 g/mol. The van der Waals surface area contributed by atoms with Gasteiger partial charge in [0.2, 0.25) is 11.8 Å². The zero-order chi connectivity index (χ0) is 13.9. The Bertz CT molecular complexity index is 451. The second-order valence-electron chi connectivity index (χ2n) is 3.93. The van der Waals surface area contributed by atoms with E-state index in [1.54, 1.807) is 11.6 Å². The minimum absolute atomic E-state index is 0.141. The summed E-state index contributed by atoms with van der Waals surface area (Å²) in [5.74, 6) is -0.651. The molecular formula is C10H18N6O2. The molecule has 0 aliphatic heterocycles. The van der Waals surface area contributed by atoms with Gasteiger partial charge in [0.05, 0.1) is 24.5 Å². The number of primary amides is 2. The van der Waals surface area contributed by atoms with Crippen LogP contribution in [0.4, 0.5) is 11.5 Å². The van der Waals surface area contributed by atoms with Crippen molar-refractivity contribution in [1.82, 2.24) is 9.78 Å². The van der Waals surface area contributed by atoms with Gasteiger partial charge < -0.3 is 22.1 Å². The van der Waals surface area contributed by atoms with Crippen LogP contribution in [-0.2, 0) is 16.1 Å². The fourth-order valence-electron chi connectivity index (χ4n) is 1.72. The van der Waals surface area contributed by atoms with E-state index >= 15 is 0 Å². The average Bonchev–Trinajstić information content (AvgIpc) is 2.52. The van der Waals surface area contributed by atoms with E-state index in [1.807, 2.05) is 6.92 Å². The predicted molar refractivity (Wildman–Crippen MR) is 67.7 cm³/mol. The third-order valence-corrected chi connectivity index (χ3v) is 2.44. The van der Waals surface area contributed by atoms with Crippen LogP contribution in [0.25, 0.3) is 0 Å². The molecule has 100 valence electrons. The smallest absolute Gasteiger partial charge is 0.237 e. The van der Waals surface area contributed by atoms with Crippen LogP contribution in [-0.4, -0.2) is 34.7 Å². The van der Waals surface area contributed by atoms with Crippen molar-refractivity contribution in [3.05, 3.63) is 5.69 Å². The number of amides is 2. The molecule has 0 radical (unpaired) electrons. The Labute approximate surface area is 105 Å². The predicted octanol–water partition coefficient (Wildman–Crippen LogP) is -1.43. The second-order valence-corrected chi connectivity index (χ2v) is 3.93. The Morgan fingerprint density at radius 2 is 1.78 bits per heavy atom. The summed E-state index contributed by atoms with van der Waals surface area (Å²) >= 11 is 0. The number of aromatic nitrogens is 2. The molecule has 1 heterocycles. The zero-order valence-corrected chi connectivity index (χ0v) is 10.5. The number of anilines is 2. The third kappa shape index (κ3) is 2.90. The molecule has 8 nitrogen and oxygen atoms in total. The molecule has 1 aromatic heterocycles. The standard InChI is InChI=1S/C10H18N6O2/c1-3-16-10(9(13)6(2)14-16)15(4-7(11)17)5-8(12)18/h3-5,13H2,1-2H3,(H2,11,17)(H2,12,18). The first-order valence-electron chi connectivity index (χ1n) is 5.51. The number of rotatable bonds is 6. The molecular weight excluding hydrogens is 236 g/mol. The van der Waals surface area contributed by atoms with E-state index in [1.165, 1.54) is 4.90 Å². The molecule has 0 fully saturated rings. The summed E-state index contributed by atoms with van der Waals surface area (Å²) in [4.78, 5) is 23.5. The second kappa shape index (κ2) is 5.39. The largest absolute Gasteiger partial charge is 0.394 e. The van der Waals surface area contributed by atoms with Crippen molar-refractivity contribution in [1.29, 1.82) is 0 Å². The molecule has 1 aromatic rings. The minimum atomic E-state index is -0.572. The number of nitrogen functional groups attached to an aromatic ring is 1. The van der Waals surface area contributed by atoms with Crippen LogP contribution in [0.2, 0.25) is 0 Å². The summed E-state index contributed by atoms with van der Waals surface area (Å²) in [6, 6.07) is 0. The van der Waals surface area contributed by atoms with E-state index in [0.717, 1.165) is 0 Å². The highest BCUT2D eigenvalue weighted by molar-refractivity contribution is 5.86. The lowest BCUT2D eigenvalue weighted by Gasteiger charge is -2.22. The minimum Gasteiger partial charge on any atom is -0.394 e. The Balaban J connectivity index is 3.18. The van der Waals surface area contributed by atoms with Crippen LogP contribution < -0.4 is 22.1 Å². The number of nitrogens with zero attached hydrogens (tertiary/aromatic N) is 3.